The van der Waals surface area contributed by atoms with Gasteiger partial charge in [-0.15, -0.1) is 0 Å². The zero-order chi connectivity index (χ0) is 24.6. The van der Waals surface area contributed by atoms with Crippen LogP contribution in [0.3, 0.4) is 0 Å². The molecule has 0 spiro atoms. The zero-order valence-electron chi connectivity index (χ0n) is 18.7. The summed E-state index contributed by atoms with van der Waals surface area (Å²) in [6, 6.07) is 25.4. The summed E-state index contributed by atoms with van der Waals surface area (Å²) in [5.41, 5.74) is 3.47. The van der Waals surface area contributed by atoms with Gasteiger partial charge in [0.2, 0.25) is 0 Å². The summed E-state index contributed by atoms with van der Waals surface area (Å²) in [5.74, 6) is 0.303. The van der Waals surface area contributed by atoms with Gasteiger partial charge in [0.25, 0.3) is 5.91 Å². The molecule has 0 fully saturated rings. The SMILES string of the molecule is COc1cc(C=NNC(=O)COc2ccc3ccccc3c2)ccc1OC(=O)c1cccc(Br)c1. The summed E-state index contributed by atoms with van der Waals surface area (Å²) in [6.45, 7) is -0.177. The predicted molar refractivity (Wildman–Crippen MR) is 137 cm³/mol. The van der Waals surface area contributed by atoms with Crippen LogP contribution in [0.1, 0.15) is 15.9 Å². The van der Waals surface area contributed by atoms with E-state index in [1.807, 2.05) is 48.5 Å². The van der Waals surface area contributed by atoms with E-state index in [0.29, 0.717) is 22.6 Å². The van der Waals surface area contributed by atoms with Crippen LogP contribution in [-0.2, 0) is 4.79 Å². The number of hydrogen-bond acceptors (Lipinski definition) is 6. The van der Waals surface area contributed by atoms with E-state index in [4.69, 9.17) is 14.2 Å². The van der Waals surface area contributed by atoms with Gasteiger partial charge in [-0.2, -0.15) is 5.10 Å². The first kappa shape index (κ1) is 24.0. The molecular weight excluding hydrogens is 512 g/mol. The lowest BCUT2D eigenvalue weighted by atomic mass is 10.1. The molecule has 35 heavy (non-hydrogen) atoms. The number of carbonyl (C=O) groups excluding carboxylic acids is 2. The Labute approximate surface area is 210 Å². The molecule has 0 radical (unpaired) electrons. The van der Waals surface area contributed by atoms with Crippen LogP contribution in [0.4, 0.5) is 0 Å². The normalized spacial score (nSPS) is 10.8. The number of esters is 1. The van der Waals surface area contributed by atoms with Gasteiger partial charge >= 0.3 is 5.97 Å². The fourth-order valence-corrected chi connectivity index (χ4v) is 3.64. The molecule has 1 amide bonds. The lowest BCUT2D eigenvalue weighted by Gasteiger charge is -2.10. The van der Waals surface area contributed by atoms with Crippen LogP contribution < -0.4 is 19.6 Å². The molecular formula is C27H21BrN2O5. The molecule has 1 N–H and O–H groups in total. The summed E-state index contributed by atoms with van der Waals surface area (Å²) in [5, 5.41) is 6.08. The Kier molecular flexibility index (Phi) is 7.74. The lowest BCUT2D eigenvalue weighted by molar-refractivity contribution is -0.123. The van der Waals surface area contributed by atoms with Crippen LogP contribution in [0.25, 0.3) is 10.8 Å². The number of benzene rings is 4. The minimum Gasteiger partial charge on any atom is -0.493 e. The molecule has 0 aliphatic rings. The molecule has 0 atom stereocenters. The first-order valence-corrected chi connectivity index (χ1v) is 11.4. The van der Waals surface area contributed by atoms with Gasteiger partial charge in [0, 0.05) is 4.47 Å². The summed E-state index contributed by atoms with van der Waals surface area (Å²) in [6.07, 6.45) is 1.45. The number of hydrogen-bond donors (Lipinski definition) is 1. The number of ether oxygens (including phenoxy) is 3. The van der Waals surface area contributed by atoms with Crippen LogP contribution in [0.15, 0.2) is 94.5 Å². The Balaban J connectivity index is 1.32. The number of fused-ring (bicyclic) bond motifs is 1. The highest BCUT2D eigenvalue weighted by atomic mass is 79.9. The minimum absolute atomic E-state index is 0.177. The van der Waals surface area contributed by atoms with Crippen molar-refractivity contribution in [3.05, 3.63) is 101 Å². The van der Waals surface area contributed by atoms with Gasteiger partial charge in [-0.1, -0.05) is 52.3 Å². The quantitative estimate of drug-likeness (QED) is 0.143. The highest BCUT2D eigenvalue weighted by Crippen LogP contribution is 2.28. The summed E-state index contributed by atoms with van der Waals surface area (Å²) in [4.78, 5) is 24.5. The number of carbonyl (C=O) groups is 2. The van der Waals surface area contributed by atoms with Crippen molar-refractivity contribution in [1.29, 1.82) is 0 Å². The van der Waals surface area contributed by atoms with Crippen molar-refractivity contribution in [2.75, 3.05) is 13.7 Å². The number of nitrogens with zero attached hydrogens (tertiary/aromatic N) is 1. The fraction of sp³-hybridized carbons (Fsp3) is 0.0741. The topological polar surface area (TPSA) is 86.2 Å². The first-order chi connectivity index (χ1) is 17.0. The Morgan fingerprint density at radius 1 is 0.914 bits per heavy atom. The van der Waals surface area contributed by atoms with Crippen molar-refractivity contribution in [2.45, 2.75) is 0 Å². The second-order valence-corrected chi connectivity index (χ2v) is 8.32. The summed E-state index contributed by atoms with van der Waals surface area (Å²) in [7, 11) is 1.47. The summed E-state index contributed by atoms with van der Waals surface area (Å²) >= 11 is 3.33. The average Bonchev–Trinajstić information content (AvgIpc) is 2.88. The maximum atomic E-state index is 12.4. The molecule has 176 valence electrons. The predicted octanol–water partition coefficient (Wildman–Crippen LogP) is 5.36. The molecule has 0 unspecified atom stereocenters. The van der Waals surface area contributed by atoms with Gasteiger partial charge in [-0.05, 0) is 64.9 Å². The van der Waals surface area contributed by atoms with Gasteiger partial charge in [0.15, 0.2) is 18.1 Å². The first-order valence-electron chi connectivity index (χ1n) is 10.6. The maximum Gasteiger partial charge on any atom is 0.343 e. The Morgan fingerprint density at radius 3 is 2.54 bits per heavy atom. The Hall–Kier alpha value is -4.17. The number of amides is 1. The second-order valence-electron chi connectivity index (χ2n) is 7.40. The number of methoxy groups -OCH3 is 1. The highest BCUT2D eigenvalue weighted by molar-refractivity contribution is 9.10. The van der Waals surface area contributed by atoms with Crippen LogP contribution in [0, 0.1) is 0 Å². The van der Waals surface area contributed by atoms with Crippen molar-refractivity contribution in [3.8, 4) is 17.2 Å². The lowest BCUT2D eigenvalue weighted by Crippen LogP contribution is -2.24. The number of rotatable bonds is 8. The highest BCUT2D eigenvalue weighted by Gasteiger charge is 2.13. The van der Waals surface area contributed by atoms with E-state index in [1.165, 1.54) is 13.3 Å². The molecule has 4 aromatic carbocycles. The van der Waals surface area contributed by atoms with Crippen molar-refractivity contribution in [2.24, 2.45) is 5.10 Å². The molecule has 0 bridgehead atoms. The van der Waals surface area contributed by atoms with Gasteiger partial charge in [0.05, 0.1) is 18.9 Å². The largest absolute Gasteiger partial charge is 0.493 e. The Bertz CT molecular complexity index is 1400. The molecule has 0 aromatic heterocycles. The molecule has 0 aliphatic heterocycles. The van der Waals surface area contributed by atoms with Crippen LogP contribution in [0.5, 0.6) is 17.2 Å². The minimum atomic E-state index is -0.510. The summed E-state index contributed by atoms with van der Waals surface area (Å²) < 4.78 is 17.1. The molecule has 0 saturated carbocycles. The van der Waals surface area contributed by atoms with E-state index in [1.54, 1.807) is 36.4 Å². The number of nitrogens with one attached hydrogen (secondary N) is 1. The van der Waals surface area contributed by atoms with E-state index in [9.17, 15) is 9.59 Å². The smallest absolute Gasteiger partial charge is 0.343 e. The molecule has 4 rings (SSSR count). The van der Waals surface area contributed by atoms with Crippen LogP contribution in [0.2, 0.25) is 0 Å². The van der Waals surface area contributed by atoms with E-state index in [0.717, 1.165) is 15.2 Å². The third-order valence-corrected chi connectivity index (χ3v) is 5.44. The van der Waals surface area contributed by atoms with Gasteiger partial charge < -0.3 is 14.2 Å². The molecule has 0 heterocycles. The van der Waals surface area contributed by atoms with Crippen molar-refractivity contribution < 1.29 is 23.8 Å². The van der Waals surface area contributed by atoms with E-state index >= 15 is 0 Å². The second kappa shape index (κ2) is 11.3. The number of hydrazone groups is 1. The van der Waals surface area contributed by atoms with Gasteiger partial charge in [-0.25, -0.2) is 10.2 Å². The van der Waals surface area contributed by atoms with Crippen molar-refractivity contribution in [3.63, 3.8) is 0 Å². The molecule has 8 heteroatoms. The molecule has 4 aromatic rings. The molecule has 0 saturated heterocycles. The molecule has 0 aliphatic carbocycles. The zero-order valence-corrected chi connectivity index (χ0v) is 20.3. The standard InChI is InChI=1S/C27H21BrN2O5/c1-33-25-13-18(9-12-24(25)35-27(32)21-7-4-8-22(28)14-21)16-29-30-26(31)17-34-23-11-10-19-5-2-3-6-20(19)15-23/h2-16H,17H2,1H3,(H,30,31). The monoisotopic (exact) mass is 532 g/mol. The Morgan fingerprint density at radius 2 is 1.74 bits per heavy atom. The van der Waals surface area contributed by atoms with E-state index < -0.39 is 11.9 Å². The van der Waals surface area contributed by atoms with E-state index in [-0.39, 0.29) is 12.4 Å². The maximum absolute atomic E-state index is 12.4. The molecule has 7 nitrogen and oxygen atoms in total. The van der Waals surface area contributed by atoms with E-state index in [2.05, 4.69) is 26.5 Å². The van der Waals surface area contributed by atoms with Crippen molar-refractivity contribution >= 4 is 44.8 Å². The van der Waals surface area contributed by atoms with Crippen LogP contribution in [-0.4, -0.2) is 31.8 Å². The third-order valence-electron chi connectivity index (χ3n) is 4.94. The van der Waals surface area contributed by atoms with Gasteiger partial charge in [-0.3, -0.25) is 4.79 Å². The fourth-order valence-electron chi connectivity index (χ4n) is 3.24. The third kappa shape index (κ3) is 6.45. The van der Waals surface area contributed by atoms with Crippen LogP contribution >= 0.6 is 15.9 Å². The van der Waals surface area contributed by atoms with Crippen molar-refractivity contribution in [1.82, 2.24) is 5.43 Å². The number of halogens is 1. The van der Waals surface area contributed by atoms with Gasteiger partial charge in [0.1, 0.15) is 5.75 Å². The average molecular weight is 533 g/mol.